The van der Waals surface area contributed by atoms with E-state index in [1.807, 2.05) is 11.6 Å². The minimum Gasteiger partial charge on any atom is -0.353 e. The lowest BCUT2D eigenvalue weighted by molar-refractivity contribution is -0.122. The number of anilines is 1. The first-order chi connectivity index (χ1) is 10.7. The lowest BCUT2D eigenvalue weighted by Gasteiger charge is -2.39. The van der Waals surface area contributed by atoms with Crippen LogP contribution in [0.25, 0.3) is 0 Å². The van der Waals surface area contributed by atoms with Crippen molar-refractivity contribution in [2.45, 2.75) is 51.1 Å². The van der Waals surface area contributed by atoms with Gasteiger partial charge in [0.25, 0.3) is 0 Å². The van der Waals surface area contributed by atoms with Gasteiger partial charge in [0, 0.05) is 56.3 Å². The number of nitrogens with zero attached hydrogens (tertiary/aromatic N) is 3. The average molecular weight is 322 g/mol. The Balaban J connectivity index is 1.40. The topological polar surface area (TPSA) is 48.5 Å². The van der Waals surface area contributed by atoms with E-state index < -0.39 is 0 Å². The molecule has 1 amide bonds. The number of amides is 1. The predicted octanol–water partition coefficient (Wildman–Crippen LogP) is 2.10. The van der Waals surface area contributed by atoms with Gasteiger partial charge >= 0.3 is 0 Å². The second-order valence-electron chi connectivity index (χ2n) is 6.46. The summed E-state index contributed by atoms with van der Waals surface area (Å²) in [6.45, 7) is 6.14. The summed E-state index contributed by atoms with van der Waals surface area (Å²) in [5.74, 6) is 0.224. The van der Waals surface area contributed by atoms with Crippen LogP contribution in [0.15, 0.2) is 11.6 Å². The van der Waals surface area contributed by atoms with Gasteiger partial charge in [0.1, 0.15) is 0 Å². The Bertz CT molecular complexity index is 473. The zero-order valence-corrected chi connectivity index (χ0v) is 14.1. The van der Waals surface area contributed by atoms with Gasteiger partial charge in [0.2, 0.25) is 5.91 Å². The summed E-state index contributed by atoms with van der Waals surface area (Å²) >= 11 is 1.70. The van der Waals surface area contributed by atoms with Gasteiger partial charge in [-0.05, 0) is 19.8 Å². The Labute approximate surface area is 136 Å². The predicted molar refractivity (Wildman–Crippen MR) is 90.4 cm³/mol. The lowest BCUT2D eigenvalue weighted by atomic mass is 10.2. The van der Waals surface area contributed by atoms with Crippen LogP contribution in [0.4, 0.5) is 5.13 Å². The summed E-state index contributed by atoms with van der Waals surface area (Å²) in [4.78, 5) is 21.2. The maximum absolute atomic E-state index is 12.0. The monoisotopic (exact) mass is 322 g/mol. The van der Waals surface area contributed by atoms with E-state index in [1.54, 1.807) is 11.3 Å². The van der Waals surface area contributed by atoms with Crippen molar-refractivity contribution in [2.75, 3.05) is 31.1 Å². The van der Waals surface area contributed by atoms with E-state index in [0.29, 0.717) is 18.5 Å². The summed E-state index contributed by atoms with van der Waals surface area (Å²) < 4.78 is 0. The van der Waals surface area contributed by atoms with Gasteiger partial charge in [-0.25, -0.2) is 4.98 Å². The number of piperazine rings is 1. The van der Waals surface area contributed by atoms with Crippen LogP contribution in [-0.4, -0.2) is 54.1 Å². The zero-order chi connectivity index (χ0) is 15.4. The maximum Gasteiger partial charge on any atom is 0.221 e. The third-order valence-corrected chi connectivity index (χ3v) is 5.56. The summed E-state index contributed by atoms with van der Waals surface area (Å²) in [5.41, 5.74) is 0. The van der Waals surface area contributed by atoms with Crippen LogP contribution in [0.2, 0.25) is 0 Å². The first kappa shape index (κ1) is 15.7. The molecule has 2 heterocycles. The van der Waals surface area contributed by atoms with Crippen molar-refractivity contribution in [3.63, 3.8) is 0 Å². The molecule has 3 rings (SSSR count). The summed E-state index contributed by atoms with van der Waals surface area (Å²) in [7, 11) is 0. The van der Waals surface area contributed by atoms with Crippen LogP contribution in [0.1, 0.15) is 39.0 Å². The van der Waals surface area contributed by atoms with Crippen LogP contribution in [0, 0.1) is 0 Å². The van der Waals surface area contributed by atoms with Gasteiger partial charge in [-0.15, -0.1) is 11.3 Å². The highest BCUT2D eigenvalue weighted by molar-refractivity contribution is 7.13. The van der Waals surface area contributed by atoms with Crippen molar-refractivity contribution < 1.29 is 4.79 Å². The number of nitrogens with one attached hydrogen (secondary N) is 1. The van der Waals surface area contributed by atoms with Gasteiger partial charge in [-0.2, -0.15) is 0 Å². The average Bonchev–Trinajstić information content (AvgIpc) is 3.18. The molecular weight excluding hydrogens is 296 g/mol. The number of rotatable bonds is 5. The number of hydrogen-bond donors (Lipinski definition) is 1. The second kappa shape index (κ2) is 7.42. The molecule has 22 heavy (non-hydrogen) atoms. The molecule has 0 aromatic carbocycles. The van der Waals surface area contributed by atoms with E-state index in [0.717, 1.165) is 44.2 Å². The highest BCUT2D eigenvalue weighted by atomic mass is 32.1. The first-order valence-electron chi connectivity index (χ1n) is 8.40. The van der Waals surface area contributed by atoms with E-state index in [1.165, 1.54) is 12.8 Å². The standard InChI is InChI=1S/C16H26N4OS/c1-13-12-19(9-10-20(13)16-17-7-11-22-16)8-6-15(21)18-14-4-2-3-5-14/h7,11,13-14H,2-6,8-10,12H2,1H3,(H,18,21). The van der Waals surface area contributed by atoms with Crippen molar-refractivity contribution in [1.82, 2.24) is 15.2 Å². The molecule has 1 saturated carbocycles. The van der Waals surface area contributed by atoms with Gasteiger partial charge < -0.3 is 10.2 Å². The molecule has 0 bridgehead atoms. The Morgan fingerprint density at radius 1 is 1.41 bits per heavy atom. The van der Waals surface area contributed by atoms with E-state index in [2.05, 4.69) is 27.0 Å². The SMILES string of the molecule is CC1CN(CCC(=O)NC2CCCC2)CCN1c1nccs1. The molecule has 2 aliphatic rings. The van der Waals surface area contributed by atoms with E-state index in [9.17, 15) is 4.79 Å². The fraction of sp³-hybridized carbons (Fsp3) is 0.750. The molecule has 1 unspecified atom stereocenters. The molecule has 1 aromatic rings. The van der Waals surface area contributed by atoms with Gasteiger partial charge in [-0.3, -0.25) is 9.69 Å². The molecule has 1 N–H and O–H groups in total. The smallest absolute Gasteiger partial charge is 0.221 e. The molecule has 1 aromatic heterocycles. The Kier molecular flexibility index (Phi) is 5.31. The fourth-order valence-corrected chi connectivity index (χ4v) is 4.28. The summed E-state index contributed by atoms with van der Waals surface area (Å²) in [6.07, 6.45) is 7.35. The van der Waals surface area contributed by atoms with E-state index in [-0.39, 0.29) is 5.91 Å². The summed E-state index contributed by atoms with van der Waals surface area (Å²) in [6, 6.07) is 0.894. The molecule has 5 nitrogen and oxygen atoms in total. The molecule has 6 heteroatoms. The molecule has 2 fully saturated rings. The first-order valence-corrected chi connectivity index (χ1v) is 9.28. The normalized spacial score (nSPS) is 23.9. The van der Waals surface area contributed by atoms with Crippen LogP contribution in [-0.2, 0) is 4.79 Å². The quantitative estimate of drug-likeness (QED) is 0.902. The van der Waals surface area contributed by atoms with Crippen LogP contribution in [0.3, 0.4) is 0 Å². The van der Waals surface area contributed by atoms with Gasteiger partial charge in [-0.1, -0.05) is 12.8 Å². The van der Waals surface area contributed by atoms with Crippen molar-refractivity contribution >= 4 is 22.4 Å². The van der Waals surface area contributed by atoms with Crippen molar-refractivity contribution in [1.29, 1.82) is 0 Å². The molecular formula is C16H26N4OS. The molecule has 0 spiro atoms. The van der Waals surface area contributed by atoms with Crippen LogP contribution < -0.4 is 10.2 Å². The van der Waals surface area contributed by atoms with Crippen LogP contribution in [0.5, 0.6) is 0 Å². The third-order valence-electron chi connectivity index (χ3n) is 4.75. The van der Waals surface area contributed by atoms with Crippen LogP contribution >= 0.6 is 11.3 Å². The number of carbonyl (C=O) groups excluding carboxylic acids is 1. The Morgan fingerprint density at radius 2 is 2.23 bits per heavy atom. The Morgan fingerprint density at radius 3 is 2.91 bits per heavy atom. The number of hydrogen-bond acceptors (Lipinski definition) is 5. The number of thiazole rings is 1. The van der Waals surface area contributed by atoms with Crippen molar-refractivity contribution in [3.8, 4) is 0 Å². The maximum atomic E-state index is 12.0. The number of aromatic nitrogens is 1. The zero-order valence-electron chi connectivity index (χ0n) is 13.3. The third kappa shape index (κ3) is 3.98. The van der Waals surface area contributed by atoms with E-state index >= 15 is 0 Å². The van der Waals surface area contributed by atoms with Gasteiger partial charge in [0.15, 0.2) is 5.13 Å². The Hall–Kier alpha value is -1.14. The molecule has 1 aliphatic heterocycles. The lowest BCUT2D eigenvalue weighted by Crippen LogP contribution is -2.52. The molecule has 122 valence electrons. The molecule has 1 saturated heterocycles. The molecule has 1 atom stereocenters. The number of carbonyl (C=O) groups is 1. The minimum atomic E-state index is 0.224. The van der Waals surface area contributed by atoms with Crippen molar-refractivity contribution in [2.24, 2.45) is 0 Å². The van der Waals surface area contributed by atoms with E-state index in [4.69, 9.17) is 0 Å². The molecule has 0 radical (unpaired) electrons. The minimum absolute atomic E-state index is 0.224. The molecule has 1 aliphatic carbocycles. The summed E-state index contributed by atoms with van der Waals surface area (Å²) in [5, 5.41) is 6.32. The van der Waals surface area contributed by atoms with Crippen molar-refractivity contribution in [3.05, 3.63) is 11.6 Å². The largest absolute Gasteiger partial charge is 0.353 e. The van der Waals surface area contributed by atoms with Gasteiger partial charge in [0.05, 0.1) is 0 Å². The second-order valence-corrected chi connectivity index (χ2v) is 7.33. The highest BCUT2D eigenvalue weighted by Gasteiger charge is 2.25. The fourth-order valence-electron chi connectivity index (χ4n) is 3.51. The highest BCUT2D eigenvalue weighted by Crippen LogP contribution is 2.22.